The summed E-state index contributed by atoms with van der Waals surface area (Å²) >= 11 is 0. The smallest absolute Gasteiger partial charge is 0.341 e. The second-order valence-electron chi connectivity index (χ2n) is 3.79. The summed E-state index contributed by atoms with van der Waals surface area (Å²) < 4.78 is 12.0. The molecule has 96 valence electrons. The van der Waals surface area contributed by atoms with E-state index >= 15 is 0 Å². The van der Waals surface area contributed by atoms with Crippen molar-refractivity contribution in [2.75, 3.05) is 13.2 Å². The molecule has 0 N–H and O–H groups in total. The van der Waals surface area contributed by atoms with Crippen LogP contribution in [0, 0.1) is 0 Å². The van der Waals surface area contributed by atoms with E-state index in [1.165, 1.54) is 0 Å². The molecule has 1 aromatic rings. The minimum Gasteiger partial charge on any atom is -0.462 e. The van der Waals surface area contributed by atoms with E-state index in [2.05, 4.69) is 12.0 Å². The Morgan fingerprint density at radius 3 is 2.88 bits per heavy atom. The average molecular weight is 240 g/mol. The molecule has 0 aromatic carbocycles. The summed E-state index contributed by atoms with van der Waals surface area (Å²) in [7, 11) is 1.78. The van der Waals surface area contributed by atoms with Crippen LogP contribution in [-0.2, 0) is 23.1 Å². The van der Waals surface area contributed by atoms with E-state index < -0.39 is 0 Å². The lowest BCUT2D eigenvalue weighted by atomic mass is 10.2. The van der Waals surface area contributed by atoms with Gasteiger partial charge in [-0.3, -0.25) is 4.68 Å². The lowest BCUT2D eigenvalue weighted by molar-refractivity contribution is 0.0518. The number of unbranched alkanes of at least 4 members (excludes halogenated alkanes) is 1. The number of carbonyl (C=O) groups is 1. The van der Waals surface area contributed by atoms with Gasteiger partial charge in [-0.1, -0.05) is 13.3 Å². The molecule has 0 aliphatic heterocycles. The second-order valence-corrected chi connectivity index (χ2v) is 3.79. The molecule has 0 radical (unpaired) electrons. The van der Waals surface area contributed by atoms with Crippen LogP contribution in [0.5, 0.6) is 0 Å². The van der Waals surface area contributed by atoms with Crippen molar-refractivity contribution in [1.29, 1.82) is 0 Å². The molecule has 0 fully saturated rings. The molecule has 0 aliphatic rings. The number of esters is 1. The number of aromatic nitrogens is 2. The van der Waals surface area contributed by atoms with Crippen molar-refractivity contribution in [1.82, 2.24) is 9.78 Å². The van der Waals surface area contributed by atoms with Gasteiger partial charge in [0, 0.05) is 19.9 Å². The van der Waals surface area contributed by atoms with Gasteiger partial charge < -0.3 is 9.47 Å². The van der Waals surface area contributed by atoms with Gasteiger partial charge in [-0.25, -0.2) is 4.79 Å². The summed E-state index contributed by atoms with van der Waals surface area (Å²) in [4.78, 5) is 11.6. The highest BCUT2D eigenvalue weighted by Crippen LogP contribution is 2.10. The van der Waals surface area contributed by atoms with E-state index in [0.29, 0.717) is 31.1 Å². The fourth-order valence-electron chi connectivity index (χ4n) is 1.44. The van der Waals surface area contributed by atoms with Gasteiger partial charge in [-0.2, -0.15) is 5.10 Å². The molecule has 1 heterocycles. The van der Waals surface area contributed by atoms with Crippen LogP contribution in [0.2, 0.25) is 0 Å². The van der Waals surface area contributed by atoms with Crippen LogP contribution in [0.15, 0.2) is 6.20 Å². The predicted molar refractivity (Wildman–Crippen MR) is 63.7 cm³/mol. The largest absolute Gasteiger partial charge is 0.462 e. The molecule has 0 amide bonds. The van der Waals surface area contributed by atoms with Crippen LogP contribution in [-0.4, -0.2) is 29.0 Å². The molecule has 0 spiro atoms. The first-order valence-electron chi connectivity index (χ1n) is 5.96. The van der Waals surface area contributed by atoms with Gasteiger partial charge in [-0.15, -0.1) is 0 Å². The van der Waals surface area contributed by atoms with Crippen molar-refractivity contribution in [2.24, 2.45) is 7.05 Å². The molecular weight excluding hydrogens is 220 g/mol. The molecule has 1 aromatic heterocycles. The number of aryl methyl sites for hydroxylation is 1. The van der Waals surface area contributed by atoms with Crippen LogP contribution >= 0.6 is 0 Å². The number of rotatable bonds is 7. The van der Waals surface area contributed by atoms with Gasteiger partial charge in [0.2, 0.25) is 0 Å². The third-order valence-corrected chi connectivity index (χ3v) is 2.28. The number of hydrogen-bond donors (Lipinski definition) is 0. The predicted octanol–water partition coefficient (Wildman–Crippen LogP) is 1.91. The molecular formula is C12H20N2O3. The lowest BCUT2D eigenvalue weighted by Crippen LogP contribution is -2.07. The Hall–Kier alpha value is -1.36. The number of ether oxygens (including phenoxy) is 2. The maximum atomic E-state index is 11.6. The lowest BCUT2D eigenvalue weighted by Gasteiger charge is -2.03. The van der Waals surface area contributed by atoms with Crippen LogP contribution in [0.1, 0.15) is 42.7 Å². The maximum absolute atomic E-state index is 11.6. The van der Waals surface area contributed by atoms with E-state index in [1.54, 1.807) is 24.9 Å². The zero-order chi connectivity index (χ0) is 12.7. The standard InChI is InChI=1S/C12H20N2O3/c1-4-6-7-16-9-11-10(8-14(3)13-11)12(15)17-5-2/h8H,4-7,9H2,1-3H3. The van der Waals surface area contributed by atoms with Crippen LogP contribution in [0.25, 0.3) is 0 Å². The molecule has 0 bridgehead atoms. The first-order valence-corrected chi connectivity index (χ1v) is 5.96. The minimum atomic E-state index is -0.338. The Balaban J connectivity index is 2.60. The molecule has 0 aliphatic carbocycles. The van der Waals surface area contributed by atoms with Crippen LogP contribution in [0.3, 0.4) is 0 Å². The molecule has 1 rings (SSSR count). The Morgan fingerprint density at radius 2 is 2.24 bits per heavy atom. The highest BCUT2D eigenvalue weighted by atomic mass is 16.5. The van der Waals surface area contributed by atoms with E-state index in [9.17, 15) is 4.79 Å². The monoisotopic (exact) mass is 240 g/mol. The third-order valence-electron chi connectivity index (χ3n) is 2.28. The van der Waals surface area contributed by atoms with Crippen molar-refractivity contribution in [3.05, 3.63) is 17.5 Å². The van der Waals surface area contributed by atoms with Crippen molar-refractivity contribution >= 4 is 5.97 Å². The van der Waals surface area contributed by atoms with Crippen molar-refractivity contribution in [2.45, 2.75) is 33.3 Å². The normalized spacial score (nSPS) is 10.5. The van der Waals surface area contributed by atoms with Gasteiger partial charge in [0.05, 0.1) is 13.2 Å². The SMILES string of the molecule is CCCCOCc1nn(C)cc1C(=O)OCC. The second kappa shape index (κ2) is 7.06. The summed E-state index contributed by atoms with van der Waals surface area (Å²) in [5.41, 5.74) is 1.13. The molecule has 0 saturated carbocycles. The Kier molecular flexibility index (Phi) is 5.69. The van der Waals surface area contributed by atoms with E-state index in [0.717, 1.165) is 12.8 Å². The Morgan fingerprint density at radius 1 is 1.47 bits per heavy atom. The summed E-state index contributed by atoms with van der Waals surface area (Å²) in [6.07, 6.45) is 3.77. The minimum absolute atomic E-state index is 0.338. The van der Waals surface area contributed by atoms with Crippen molar-refractivity contribution in [3.8, 4) is 0 Å². The zero-order valence-electron chi connectivity index (χ0n) is 10.7. The number of carbonyl (C=O) groups excluding carboxylic acids is 1. The Labute approximate surface area is 102 Å². The fourth-order valence-corrected chi connectivity index (χ4v) is 1.44. The van der Waals surface area contributed by atoms with E-state index in [-0.39, 0.29) is 5.97 Å². The molecule has 0 atom stereocenters. The third kappa shape index (κ3) is 4.19. The van der Waals surface area contributed by atoms with Crippen LogP contribution < -0.4 is 0 Å². The Bertz CT molecular complexity index is 361. The summed E-state index contributed by atoms with van der Waals surface area (Å²) in [6, 6.07) is 0. The number of nitrogens with zero attached hydrogens (tertiary/aromatic N) is 2. The van der Waals surface area contributed by atoms with Crippen molar-refractivity contribution < 1.29 is 14.3 Å². The fraction of sp³-hybridized carbons (Fsp3) is 0.667. The molecule has 5 nitrogen and oxygen atoms in total. The summed E-state index contributed by atoms with van der Waals surface area (Å²) in [5, 5.41) is 4.20. The molecule has 5 heteroatoms. The highest BCUT2D eigenvalue weighted by molar-refractivity contribution is 5.90. The summed E-state index contributed by atoms with van der Waals surface area (Å²) in [5.74, 6) is -0.338. The van der Waals surface area contributed by atoms with E-state index in [1.807, 2.05) is 0 Å². The van der Waals surface area contributed by atoms with Gasteiger partial charge in [0.25, 0.3) is 0 Å². The number of hydrogen-bond acceptors (Lipinski definition) is 4. The average Bonchev–Trinajstić information content (AvgIpc) is 2.66. The summed E-state index contributed by atoms with van der Waals surface area (Å²) in [6.45, 7) is 5.30. The van der Waals surface area contributed by atoms with Gasteiger partial charge in [0.15, 0.2) is 0 Å². The zero-order valence-corrected chi connectivity index (χ0v) is 10.7. The molecule has 0 saturated heterocycles. The first kappa shape index (κ1) is 13.7. The van der Waals surface area contributed by atoms with Crippen LogP contribution in [0.4, 0.5) is 0 Å². The molecule has 17 heavy (non-hydrogen) atoms. The quantitative estimate of drug-likeness (QED) is 0.539. The van der Waals surface area contributed by atoms with Crippen molar-refractivity contribution in [3.63, 3.8) is 0 Å². The molecule has 0 unspecified atom stereocenters. The first-order chi connectivity index (χ1) is 8.19. The maximum Gasteiger partial charge on any atom is 0.341 e. The van der Waals surface area contributed by atoms with Gasteiger partial charge >= 0.3 is 5.97 Å². The van der Waals surface area contributed by atoms with Gasteiger partial charge in [0.1, 0.15) is 11.3 Å². The highest BCUT2D eigenvalue weighted by Gasteiger charge is 2.16. The van der Waals surface area contributed by atoms with E-state index in [4.69, 9.17) is 9.47 Å². The van der Waals surface area contributed by atoms with Gasteiger partial charge in [-0.05, 0) is 13.3 Å². The topological polar surface area (TPSA) is 53.4 Å².